The van der Waals surface area contributed by atoms with Crippen LogP contribution in [0, 0.1) is 0 Å². The van der Waals surface area contributed by atoms with Crippen LogP contribution in [-0.2, 0) is 19.6 Å². The predicted octanol–water partition coefficient (Wildman–Crippen LogP) is 0.611. The van der Waals surface area contributed by atoms with Crippen LogP contribution in [0.1, 0.15) is 12.8 Å². The van der Waals surface area contributed by atoms with Gasteiger partial charge in [-0.3, -0.25) is 4.79 Å². The Hall–Kier alpha value is -1.64. The number of carbonyl (C=O) groups excluding carboxylic acids is 1. The minimum absolute atomic E-state index is 0.0515. The molecule has 1 aliphatic rings. The highest BCUT2D eigenvalue weighted by atomic mass is 32.2. The van der Waals surface area contributed by atoms with E-state index in [1.165, 1.54) is 29.2 Å². The SMILES string of the molecule is CN(C)C(=O)COc1ccc(S(=O)(=O)NC[C@H]2CCCO2)cc1. The van der Waals surface area contributed by atoms with Gasteiger partial charge in [0.25, 0.3) is 5.91 Å². The van der Waals surface area contributed by atoms with Crippen molar-refractivity contribution in [2.45, 2.75) is 23.8 Å². The predicted molar refractivity (Wildman–Crippen MR) is 84.8 cm³/mol. The van der Waals surface area contributed by atoms with Crippen LogP contribution in [0.25, 0.3) is 0 Å². The Kier molecular flexibility index (Phi) is 5.97. The second-order valence-corrected chi connectivity index (χ2v) is 7.30. The van der Waals surface area contributed by atoms with E-state index < -0.39 is 10.0 Å². The van der Waals surface area contributed by atoms with Gasteiger partial charge in [-0.05, 0) is 37.1 Å². The molecule has 1 N–H and O–H groups in total. The Morgan fingerprint density at radius 3 is 2.61 bits per heavy atom. The summed E-state index contributed by atoms with van der Waals surface area (Å²) in [5.74, 6) is 0.276. The lowest BCUT2D eigenvalue weighted by Gasteiger charge is -2.13. The van der Waals surface area contributed by atoms with Gasteiger partial charge in [0.15, 0.2) is 6.61 Å². The normalized spacial score (nSPS) is 17.9. The summed E-state index contributed by atoms with van der Waals surface area (Å²) >= 11 is 0. The second kappa shape index (κ2) is 7.76. The number of hydrogen-bond donors (Lipinski definition) is 1. The smallest absolute Gasteiger partial charge is 0.259 e. The van der Waals surface area contributed by atoms with Crippen molar-refractivity contribution in [2.75, 3.05) is 33.9 Å². The topological polar surface area (TPSA) is 84.9 Å². The van der Waals surface area contributed by atoms with Crippen LogP contribution >= 0.6 is 0 Å². The molecule has 0 unspecified atom stereocenters. The highest BCUT2D eigenvalue weighted by molar-refractivity contribution is 7.89. The van der Waals surface area contributed by atoms with Crippen LogP contribution in [-0.4, -0.2) is 59.2 Å². The van der Waals surface area contributed by atoms with Crippen molar-refractivity contribution in [1.29, 1.82) is 0 Å². The fraction of sp³-hybridized carbons (Fsp3) is 0.533. The van der Waals surface area contributed by atoms with Crippen LogP contribution in [0.4, 0.5) is 0 Å². The zero-order valence-corrected chi connectivity index (χ0v) is 14.1. The van der Waals surface area contributed by atoms with Crippen molar-refractivity contribution in [3.05, 3.63) is 24.3 Å². The van der Waals surface area contributed by atoms with Gasteiger partial charge in [-0.1, -0.05) is 0 Å². The first-order chi connectivity index (χ1) is 10.9. The van der Waals surface area contributed by atoms with Crippen LogP contribution in [0.5, 0.6) is 5.75 Å². The van der Waals surface area contributed by atoms with E-state index in [4.69, 9.17) is 9.47 Å². The molecule has 2 rings (SSSR count). The maximum atomic E-state index is 12.2. The number of hydrogen-bond acceptors (Lipinski definition) is 5. The molecule has 1 amide bonds. The number of carbonyl (C=O) groups is 1. The zero-order valence-electron chi connectivity index (χ0n) is 13.3. The van der Waals surface area contributed by atoms with E-state index in [0.29, 0.717) is 12.4 Å². The summed E-state index contributed by atoms with van der Waals surface area (Å²) in [5, 5.41) is 0. The third kappa shape index (κ3) is 5.19. The number of sulfonamides is 1. The Bertz CT molecular complexity index is 622. The average molecular weight is 342 g/mol. The summed E-state index contributed by atoms with van der Waals surface area (Å²) in [5.41, 5.74) is 0. The molecule has 1 aliphatic heterocycles. The third-order valence-electron chi connectivity index (χ3n) is 3.52. The number of amides is 1. The first-order valence-electron chi connectivity index (χ1n) is 7.43. The Labute approximate surface area is 136 Å². The molecular weight excluding hydrogens is 320 g/mol. The third-order valence-corrected chi connectivity index (χ3v) is 4.96. The lowest BCUT2D eigenvalue weighted by Crippen LogP contribution is -2.31. The van der Waals surface area contributed by atoms with Crippen molar-refractivity contribution >= 4 is 15.9 Å². The highest BCUT2D eigenvalue weighted by Crippen LogP contribution is 2.17. The van der Waals surface area contributed by atoms with Gasteiger partial charge >= 0.3 is 0 Å². The molecule has 0 spiro atoms. The molecule has 1 heterocycles. The summed E-state index contributed by atoms with van der Waals surface area (Å²) in [6.45, 7) is 0.873. The summed E-state index contributed by atoms with van der Waals surface area (Å²) in [6, 6.07) is 5.97. The van der Waals surface area contributed by atoms with E-state index in [-0.39, 0.29) is 30.1 Å². The summed E-state index contributed by atoms with van der Waals surface area (Å²) in [7, 11) is -0.290. The molecule has 0 saturated carbocycles. The molecule has 1 aromatic carbocycles. The lowest BCUT2D eigenvalue weighted by molar-refractivity contribution is -0.130. The van der Waals surface area contributed by atoms with Gasteiger partial charge in [0.2, 0.25) is 10.0 Å². The quantitative estimate of drug-likeness (QED) is 0.785. The van der Waals surface area contributed by atoms with E-state index in [9.17, 15) is 13.2 Å². The molecule has 1 aromatic rings. The van der Waals surface area contributed by atoms with E-state index in [0.717, 1.165) is 12.8 Å². The lowest BCUT2D eigenvalue weighted by atomic mass is 10.2. The standard InChI is InChI=1S/C15H22N2O5S/c1-17(2)15(18)11-22-12-5-7-14(8-6-12)23(19,20)16-10-13-4-3-9-21-13/h5-8,13,16H,3-4,9-11H2,1-2H3/t13-/m1/s1. The first kappa shape index (κ1) is 17.7. The van der Waals surface area contributed by atoms with Crippen molar-refractivity contribution in [3.63, 3.8) is 0 Å². The molecule has 0 bridgehead atoms. The maximum absolute atomic E-state index is 12.2. The van der Waals surface area contributed by atoms with Crippen molar-refractivity contribution < 1.29 is 22.7 Å². The van der Waals surface area contributed by atoms with Crippen molar-refractivity contribution in [3.8, 4) is 5.75 Å². The van der Waals surface area contributed by atoms with Crippen LogP contribution in [0.2, 0.25) is 0 Å². The second-order valence-electron chi connectivity index (χ2n) is 5.54. The van der Waals surface area contributed by atoms with E-state index >= 15 is 0 Å². The zero-order chi connectivity index (χ0) is 16.9. The molecule has 1 atom stereocenters. The number of nitrogens with zero attached hydrogens (tertiary/aromatic N) is 1. The molecule has 23 heavy (non-hydrogen) atoms. The minimum atomic E-state index is -3.57. The Morgan fingerprint density at radius 1 is 1.35 bits per heavy atom. The molecule has 1 fully saturated rings. The van der Waals surface area contributed by atoms with E-state index in [1.807, 2.05) is 0 Å². The number of benzene rings is 1. The van der Waals surface area contributed by atoms with Gasteiger partial charge in [0, 0.05) is 27.2 Å². The summed E-state index contributed by atoms with van der Waals surface area (Å²) < 4.78 is 37.6. The van der Waals surface area contributed by atoms with Gasteiger partial charge in [-0.2, -0.15) is 0 Å². The Balaban J connectivity index is 1.90. The average Bonchev–Trinajstić information content (AvgIpc) is 3.04. The van der Waals surface area contributed by atoms with Crippen LogP contribution < -0.4 is 9.46 Å². The maximum Gasteiger partial charge on any atom is 0.259 e. The van der Waals surface area contributed by atoms with Gasteiger partial charge < -0.3 is 14.4 Å². The first-order valence-corrected chi connectivity index (χ1v) is 8.91. The van der Waals surface area contributed by atoms with Gasteiger partial charge in [0.1, 0.15) is 5.75 Å². The van der Waals surface area contributed by atoms with E-state index in [2.05, 4.69) is 4.72 Å². The van der Waals surface area contributed by atoms with Gasteiger partial charge in [0.05, 0.1) is 11.0 Å². The number of ether oxygens (including phenoxy) is 2. The largest absolute Gasteiger partial charge is 0.484 e. The number of nitrogens with one attached hydrogen (secondary N) is 1. The van der Waals surface area contributed by atoms with Crippen LogP contribution in [0.15, 0.2) is 29.2 Å². The Morgan fingerprint density at radius 2 is 2.04 bits per heavy atom. The minimum Gasteiger partial charge on any atom is -0.484 e. The summed E-state index contributed by atoms with van der Waals surface area (Å²) in [4.78, 5) is 13.0. The number of likely N-dealkylation sites (N-methyl/N-ethyl adjacent to an activating group) is 1. The van der Waals surface area contributed by atoms with Crippen molar-refractivity contribution in [1.82, 2.24) is 9.62 Å². The van der Waals surface area contributed by atoms with Gasteiger partial charge in [-0.15, -0.1) is 0 Å². The van der Waals surface area contributed by atoms with Crippen LogP contribution in [0.3, 0.4) is 0 Å². The summed E-state index contributed by atoms with van der Waals surface area (Å²) in [6.07, 6.45) is 1.78. The molecule has 7 nitrogen and oxygen atoms in total. The van der Waals surface area contributed by atoms with Gasteiger partial charge in [-0.25, -0.2) is 13.1 Å². The molecule has 0 aromatic heterocycles. The molecule has 8 heteroatoms. The van der Waals surface area contributed by atoms with Crippen molar-refractivity contribution in [2.24, 2.45) is 0 Å². The molecular formula is C15H22N2O5S. The van der Waals surface area contributed by atoms with E-state index in [1.54, 1.807) is 14.1 Å². The number of rotatable bonds is 7. The molecule has 1 saturated heterocycles. The molecule has 0 radical (unpaired) electrons. The highest BCUT2D eigenvalue weighted by Gasteiger charge is 2.20. The molecule has 128 valence electrons. The fourth-order valence-electron chi connectivity index (χ4n) is 2.08. The fourth-order valence-corrected chi connectivity index (χ4v) is 3.15. The molecule has 0 aliphatic carbocycles. The monoisotopic (exact) mass is 342 g/mol.